The van der Waals surface area contributed by atoms with Crippen LogP contribution in [0.4, 0.5) is 5.69 Å². The van der Waals surface area contributed by atoms with Gasteiger partial charge in [0.25, 0.3) is 0 Å². The van der Waals surface area contributed by atoms with Gasteiger partial charge < -0.3 is 10.1 Å². The highest BCUT2D eigenvalue weighted by Gasteiger charge is 2.40. The smallest absolute Gasteiger partial charge is 0.0756 e. The van der Waals surface area contributed by atoms with E-state index >= 15 is 0 Å². The fourth-order valence-electron chi connectivity index (χ4n) is 3.91. The number of rotatable bonds is 3. The van der Waals surface area contributed by atoms with Gasteiger partial charge in [-0.3, -0.25) is 0 Å². The minimum Gasteiger partial charge on any atom is -0.382 e. The van der Waals surface area contributed by atoms with E-state index in [2.05, 4.69) is 35.0 Å². The molecule has 2 fully saturated rings. The maximum Gasteiger partial charge on any atom is 0.0756 e. The van der Waals surface area contributed by atoms with Crippen molar-refractivity contribution in [3.8, 4) is 0 Å². The normalized spacial score (nSPS) is 24.7. The molecule has 1 unspecified atom stereocenters. The van der Waals surface area contributed by atoms with Gasteiger partial charge in [0.05, 0.1) is 11.7 Å². The van der Waals surface area contributed by atoms with Crippen LogP contribution in [0.15, 0.2) is 29.6 Å². The van der Waals surface area contributed by atoms with Crippen LogP contribution in [-0.4, -0.2) is 18.2 Å². The third-order valence-corrected chi connectivity index (χ3v) is 5.99. The molecule has 1 N–H and O–H groups in total. The van der Waals surface area contributed by atoms with Crippen LogP contribution in [0.2, 0.25) is 0 Å². The second kappa shape index (κ2) is 5.62. The van der Waals surface area contributed by atoms with Crippen LogP contribution in [0.25, 0.3) is 10.1 Å². The molecule has 1 saturated carbocycles. The van der Waals surface area contributed by atoms with Crippen molar-refractivity contribution >= 4 is 27.1 Å². The quantitative estimate of drug-likeness (QED) is 0.842. The summed E-state index contributed by atoms with van der Waals surface area (Å²) in [6.45, 7) is 0.942. The van der Waals surface area contributed by atoms with E-state index in [1.165, 1.54) is 60.7 Å². The largest absolute Gasteiger partial charge is 0.382 e. The molecular weight excluding hydrogens is 278 g/mol. The Labute approximate surface area is 130 Å². The molecule has 3 heteroatoms. The van der Waals surface area contributed by atoms with E-state index in [-0.39, 0.29) is 5.60 Å². The summed E-state index contributed by atoms with van der Waals surface area (Å²) in [5.74, 6) is 0. The topological polar surface area (TPSA) is 21.3 Å². The van der Waals surface area contributed by atoms with Gasteiger partial charge in [0, 0.05) is 16.9 Å². The fourth-order valence-corrected chi connectivity index (χ4v) is 4.68. The molecular formula is C18H23NOS. The second-order valence-electron chi connectivity index (χ2n) is 6.58. The molecule has 1 saturated heterocycles. The van der Waals surface area contributed by atoms with E-state index in [9.17, 15) is 0 Å². The van der Waals surface area contributed by atoms with Gasteiger partial charge >= 0.3 is 0 Å². The average molecular weight is 301 g/mol. The SMILES string of the molecule is c1cc2cc(NCC3CCC4(CCCCC4)O3)ccc2s1. The lowest BCUT2D eigenvalue weighted by atomic mass is 9.83. The Morgan fingerprint density at radius 2 is 2.05 bits per heavy atom. The van der Waals surface area contributed by atoms with Crippen molar-refractivity contribution in [2.45, 2.75) is 56.7 Å². The molecule has 2 aliphatic rings. The van der Waals surface area contributed by atoms with Crippen LogP contribution in [0.1, 0.15) is 44.9 Å². The lowest BCUT2D eigenvalue weighted by Gasteiger charge is -2.33. The average Bonchev–Trinajstić information content (AvgIpc) is 3.13. The van der Waals surface area contributed by atoms with Crippen molar-refractivity contribution in [3.63, 3.8) is 0 Å². The Morgan fingerprint density at radius 1 is 1.14 bits per heavy atom. The molecule has 4 rings (SSSR count). The van der Waals surface area contributed by atoms with Gasteiger partial charge in [-0.15, -0.1) is 11.3 Å². The van der Waals surface area contributed by atoms with Gasteiger partial charge in [0.2, 0.25) is 0 Å². The highest BCUT2D eigenvalue weighted by atomic mass is 32.1. The standard InChI is InChI=1S/C18H23NOS/c1-2-8-18(9-3-1)10-6-16(20-18)13-19-15-4-5-17-14(12-15)7-11-21-17/h4-5,7,11-12,16,19H,1-3,6,8-10,13H2. The Balaban J connectivity index is 1.36. The van der Waals surface area contributed by atoms with Crippen LogP contribution >= 0.6 is 11.3 Å². The van der Waals surface area contributed by atoms with Crippen molar-refractivity contribution in [3.05, 3.63) is 29.6 Å². The summed E-state index contributed by atoms with van der Waals surface area (Å²) in [7, 11) is 0. The van der Waals surface area contributed by atoms with Crippen molar-refractivity contribution in [2.75, 3.05) is 11.9 Å². The fraction of sp³-hybridized carbons (Fsp3) is 0.556. The van der Waals surface area contributed by atoms with E-state index in [0.29, 0.717) is 6.10 Å². The number of nitrogens with one attached hydrogen (secondary N) is 1. The predicted octanol–water partition coefficient (Wildman–Crippen LogP) is 5.20. The minimum atomic E-state index is 0.238. The van der Waals surface area contributed by atoms with E-state index < -0.39 is 0 Å². The van der Waals surface area contributed by atoms with Gasteiger partial charge in [0.15, 0.2) is 0 Å². The molecule has 1 aliphatic carbocycles. The first-order valence-electron chi connectivity index (χ1n) is 8.22. The maximum atomic E-state index is 6.42. The highest BCUT2D eigenvalue weighted by Crippen LogP contribution is 2.41. The van der Waals surface area contributed by atoms with Crippen molar-refractivity contribution < 1.29 is 4.74 Å². The summed E-state index contributed by atoms with van der Waals surface area (Å²) >= 11 is 1.80. The second-order valence-corrected chi connectivity index (χ2v) is 7.52. The van der Waals surface area contributed by atoms with Crippen LogP contribution < -0.4 is 5.32 Å². The Morgan fingerprint density at radius 3 is 2.95 bits per heavy atom. The van der Waals surface area contributed by atoms with Gasteiger partial charge in [-0.1, -0.05) is 19.3 Å². The van der Waals surface area contributed by atoms with Gasteiger partial charge in [0.1, 0.15) is 0 Å². The summed E-state index contributed by atoms with van der Waals surface area (Å²) in [5, 5.41) is 7.06. The number of benzene rings is 1. The zero-order chi connectivity index (χ0) is 14.1. The molecule has 1 aromatic heterocycles. The lowest BCUT2D eigenvalue weighted by molar-refractivity contribution is -0.0588. The molecule has 0 radical (unpaired) electrons. The van der Waals surface area contributed by atoms with E-state index in [1.807, 2.05) is 0 Å². The Bertz CT molecular complexity index is 614. The van der Waals surface area contributed by atoms with E-state index in [1.54, 1.807) is 11.3 Å². The molecule has 1 spiro atoms. The third kappa shape index (κ3) is 2.82. The molecule has 1 aliphatic heterocycles. The van der Waals surface area contributed by atoms with Gasteiger partial charge in [-0.05, 0) is 60.7 Å². The lowest BCUT2D eigenvalue weighted by Crippen LogP contribution is -2.33. The summed E-state index contributed by atoms with van der Waals surface area (Å²) in [4.78, 5) is 0. The molecule has 2 nitrogen and oxygen atoms in total. The number of hydrogen-bond donors (Lipinski definition) is 1. The molecule has 0 amide bonds. The van der Waals surface area contributed by atoms with Crippen LogP contribution in [0, 0.1) is 0 Å². The maximum absolute atomic E-state index is 6.42. The first-order chi connectivity index (χ1) is 10.3. The molecule has 1 atom stereocenters. The van der Waals surface area contributed by atoms with E-state index in [0.717, 1.165) is 6.54 Å². The number of fused-ring (bicyclic) bond motifs is 1. The van der Waals surface area contributed by atoms with E-state index in [4.69, 9.17) is 4.74 Å². The highest BCUT2D eigenvalue weighted by molar-refractivity contribution is 7.17. The monoisotopic (exact) mass is 301 g/mol. The third-order valence-electron chi connectivity index (χ3n) is 5.09. The summed E-state index contributed by atoms with van der Waals surface area (Å²) in [6.07, 6.45) is 9.55. The number of thiophene rings is 1. The van der Waals surface area contributed by atoms with Gasteiger partial charge in [-0.2, -0.15) is 0 Å². The molecule has 21 heavy (non-hydrogen) atoms. The van der Waals surface area contributed by atoms with Crippen molar-refractivity contribution in [1.29, 1.82) is 0 Å². The van der Waals surface area contributed by atoms with Crippen LogP contribution in [0.5, 0.6) is 0 Å². The first-order valence-corrected chi connectivity index (χ1v) is 9.10. The van der Waals surface area contributed by atoms with Crippen LogP contribution in [0.3, 0.4) is 0 Å². The summed E-state index contributed by atoms with van der Waals surface area (Å²) in [5.41, 5.74) is 1.45. The predicted molar refractivity (Wildman–Crippen MR) is 90.2 cm³/mol. The number of ether oxygens (including phenoxy) is 1. The minimum absolute atomic E-state index is 0.238. The Hall–Kier alpha value is -1.06. The van der Waals surface area contributed by atoms with Crippen molar-refractivity contribution in [1.82, 2.24) is 0 Å². The molecule has 1 aromatic carbocycles. The number of anilines is 1. The summed E-state index contributed by atoms with van der Waals surface area (Å²) < 4.78 is 7.78. The van der Waals surface area contributed by atoms with Gasteiger partial charge in [-0.25, -0.2) is 0 Å². The number of hydrogen-bond acceptors (Lipinski definition) is 3. The zero-order valence-corrected chi connectivity index (χ0v) is 13.3. The molecule has 0 bridgehead atoms. The zero-order valence-electron chi connectivity index (χ0n) is 12.4. The molecule has 2 heterocycles. The van der Waals surface area contributed by atoms with Crippen LogP contribution in [-0.2, 0) is 4.74 Å². The van der Waals surface area contributed by atoms with Crippen molar-refractivity contribution in [2.24, 2.45) is 0 Å². The molecule has 112 valence electrons. The first kappa shape index (κ1) is 13.6. The molecule has 2 aromatic rings. The Kier molecular flexibility index (Phi) is 3.64. The summed E-state index contributed by atoms with van der Waals surface area (Å²) in [6, 6.07) is 8.83.